The molecule has 88 valence electrons. The molecular formula is C12H24N2S. The Labute approximate surface area is 98.0 Å². The van der Waals surface area contributed by atoms with E-state index >= 15 is 0 Å². The number of hydrogen-bond donors (Lipinski definition) is 1. The Balaban J connectivity index is 1.79. The van der Waals surface area contributed by atoms with Crippen LogP contribution in [0.4, 0.5) is 0 Å². The normalized spacial score (nSPS) is 35.0. The zero-order valence-corrected chi connectivity index (χ0v) is 10.5. The maximum absolute atomic E-state index is 6.26. The van der Waals surface area contributed by atoms with Crippen molar-refractivity contribution in [3.8, 4) is 0 Å². The van der Waals surface area contributed by atoms with E-state index in [1.54, 1.807) is 0 Å². The lowest BCUT2D eigenvalue weighted by molar-refractivity contribution is 0.223. The highest BCUT2D eigenvalue weighted by molar-refractivity contribution is 7.99. The summed E-state index contributed by atoms with van der Waals surface area (Å²) in [6.45, 7) is 3.84. The molecule has 0 aromatic carbocycles. The molecule has 2 N–H and O–H groups in total. The molecule has 2 nitrogen and oxygen atoms in total. The molecule has 1 aliphatic carbocycles. The van der Waals surface area contributed by atoms with Gasteiger partial charge >= 0.3 is 0 Å². The van der Waals surface area contributed by atoms with Crippen molar-refractivity contribution in [3.63, 3.8) is 0 Å². The highest BCUT2D eigenvalue weighted by atomic mass is 32.2. The smallest absolute Gasteiger partial charge is 0.00793 e. The van der Waals surface area contributed by atoms with Gasteiger partial charge in [0, 0.05) is 37.2 Å². The Morgan fingerprint density at radius 2 is 1.80 bits per heavy atom. The highest BCUT2D eigenvalue weighted by Gasteiger charge is 2.23. The summed E-state index contributed by atoms with van der Waals surface area (Å²) in [4.78, 5) is 2.63. The van der Waals surface area contributed by atoms with Crippen molar-refractivity contribution in [1.82, 2.24) is 4.90 Å². The lowest BCUT2D eigenvalue weighted by Crippen LogP contribution is -2.42. The predicted molar refractivity (Wildman–Crippen MR) is 68.3 cm³/mol. The zero-order chi connectivity index (χ0) is 10.5. The van der Waals surface area contributed by atoms with E-state index in [1.807, 2.05) is 0 Å². The van der Waals surface area contributed by atoms with Gasteiger partial charge in [0.25, 0.3) is 0 Å². The summed E-state index contributed by atoms with van der Waals surface area (Å²) in [5.41, 5.74) is 6.26. The van der Waals surface area contributed by atoms with Crippen LogP contribution in [0.1, 0.15) is 32.1 Å². The summed E-state index contributed by atoms with van der Waals surface area (Å²) < 4.78 is 0. The van der Waals surface area contributed by atoms with E-state index in [2.05, 4.69) is 16.7 Å². The average molecular weight is 228 g/mol. The van der Waals surface area contributed by atoms with Crippen molar-refractivity contribution in [1.29, 1.82) is 0 Å². The van der Waals surface area contributed by atoms with Gasteiger partial charge in [-0.3, -0.25) is 0 Å². The standard InChI is InChI=1S/C12H24N2S/c13-12-5-3-1-2-4-11(12)10-14-6-8-15-9-7-14/h11-12H,1-10,13H2. The number of hydrogen-bond acceptors (Lipinski definition) is 3. The minimum Gasteiger partial charge on any atom is -0.327 e. The molecule has 2 fully saturated rings. The van der Waals surface area contributed by atoms with Gasteiger partial charge in [0.05, 0.1) is 0 Å². The van der Waals surface area contributed by atoms with E-state index < -0.39 is 0 Å². The summed E-state index contributed by atoms with van der Waals surface area (Å²) in [6, 6.07) is 0.474. The van der Waals surface area contributed by atoms with Gasteiger partial charge < -0.3 is 10.6 Å². The summed E-state index contributed by atoms with van der Waals surface area (Å²) >= 11 is 2.09. The van der Waals surface area contributed by atoms with E-state index in [0.717, 1.165) is 5.92 Å². The summed E-state index contributed by atoms with van der Waals surface area (Å²) in [5, 5.41) is 0. The third-order valence-electron chi connectivity index (χ3n) is 3.81. The minimum absolute atomic E-state index is 0.474. The molecular weight excluding hydrogens is 204 g/mol. The number of thioether (sulfide) groups is 1. The molecule has 1 aliphatic heterocycles. The summed E-state index contributed by atoms with van der Waals surface area (Å²) in [6.07, 6.45) is 6.78. The first-order chi connectivity index (χ1) is 7.36. The van der Waals surface area contributed by atoms with Gasteiger partial charge in [-0.2, -0.15) is 11.8 Å². The number of rotatable bonds is 2. The number of nitrogens with two attached hydrogens (primary N) is 1. The SMILES string of the molecule is NC1CCCCCC1CN1CCSCC1. The van der Waals surface area contributed by atoms with Crippen LogP contribution in [0.5, 0.6) is 0 Å². The number of nitrogens with zero attached hydrogens (tertiary/aromatic N) is 1. The van der Waals surface area contributed by atoms with Crippen molar-refractivity contribution < 1.29 is 0 Å². The quantitative estimate of drug-likeness (QED) is 0.733. The molecule has 15 heavy (non-hydrogen) atoms. The van der Waals surface area contributed by atoms with E-state index in [9.17, 15) is 0 Å². The minimum atomic E-state index is 0.474. The monoisotopic (exact) mass is 228 g/mol. The fraction of sp³-hybridized carbons (Fsp3) is 1.00. The first-order valence-electron chi connectivity index (χ1n) is 6.42. The van der Waals surface area contributed by atoms with Gasteiger partial charge in [-0.25, -0.2) is 0 Å². The Kier molecular flexibility index (Phi) is 4.79. The van der Waals surface area contributed by atoms with Crippen LogP contribution in [-0.2, 0) is 0 Å². The van der Waals surface area contributed by atoms with Crippen LogP contribution in [0.25, 0.3) is 0 Å². The third-order valence-corrected chi connectivity index (χ3v) is 4.76. The molecule has 3 heteroatoms. The predicted octanol–water partition coefficient (Wildman–Crippen LogP) is 1.94. The summed E-state index contributed by atoms with van der Waals surface area (Å²) in [7, 11) is 0. The van der Waals surface area contributed by atoms with Crippen LogP contribution in [0.3, 0.4) is 0 Å². The molecule has 2 rings (SSSR count). The average Bonchev–Trinajstić information content (AvgIpc) is 2.46. The second kappa shape index (κ2) is 6.12. The zero-order valence-electron chi connectivity index (χ0n) is 9.66. The Morgan fingerprint density at radius 1 is 1.07 bits per heavy atom. The fourth-order valence-electron chi connectivity index (χ4n) is 2.76. The van der Waals surface area contributed by atoms with Gasteiger partial charge in [0.2, 0.25) is 0 Å². The maximum atomic E-state index is 6.26. The molecule has 2 atom stereocenters. The van der Waals surface area contributed by atoms with Crippen molar-refractivity contribution in [3.05, 3.63) is 0 Å². The van der Waals surface area contributed by atoms with Crippen molar-refractivity contribution in [2.45, 2.75) is 38.1 Å². The van der Waals surface area contributed by atoms with E-state index in [1.165, 1.54) is 63.2 Å². The molecule has 2 aliphatic rings. The maximum Gasteiger partial charge on any atom is 0.00793 e. The summed E-state index contributed by atoms with van der Waals surface area (Å²) in [5.74, 6) is 3.42. The van der Waals surface area contributed by atoms with Gasteiger partial charge in [-0.15, -0.1) is 0 Å². The molecule has 1 saturated carbocycles. The molecule has 1 heterocycles. The molecule has 0 amide bonds. The second-order valence-corrected chi connectivity index (χ2v) is 6.20. The molecule has 0 bridgehead atoms. The Bertz CT molecular complexity index is 180. The van der Waals surface area contributed by atoms with Gasteiger partial charge in [-0.05, 0) is 18.8 Å². The first kappa shape index (κ1) is 11.7. The van der Waals surface area contributed by atoms with Crippen molar-refractivity contribution >= 4 is 11.8 Å². The second-order valence-electron chi connectivity index (χ2n) is 4.97. The Hall–Kier alpha value is 0.270. The topological polar surface area (TPSA) is 29.3 Å². The molecule has 0 spiro atoms. The molecule has 0 aromatic heterocycles. The largest absolute Gasteiger partial charge is 0.327 e. The van der Waals surface area contributed by atoms with Crippen molar-refractivity contribution in [2.75, 3.05) is 31.1 Å². The lowest BCUT2D eigenvalue weighted by atomic mass is 9.95. The fourth-order valence-corrected chi connectivity index (χ4v) is 3.73. The molecule has 0 aromatic rings. The third kappa shape index (κ3) is 3.65. The lowest BCUT2D eigenvalue weighted by Gasteiger charge is -2.32. The van der Waals surface area contributed by atoms with E-state index in [-0.39, 0.29) is 0 Å². The van der Waals surface area contributed by atoms with Crippen LogP contribution >= 0.6 is 11.8 Å². The van der Waals surface area contributed by atoms with Crippen LogP contribution in [0, 0.1) is 5.92 Å². The van der Waals surface area contributed by atoms with E-state index in [0.29, 0.717) is 6.04 Å². The molecule has 0 radical (unpaired) electrons. The van der Waals surface area contributed by atoms with Crippen molar-refractivity contribution in [2.24, 2.45) is 11.7 Å². The van der Waals surface area contributed by atoms with Gasteiger partial charge in [0.1, 0.15) is 0 Å². The first-order valence-corrected chi connectivity index (χ1v) is 7.57. The molecule has 1 saturated heterocycles. The van der Waals surface area contributed by atoms with Crippen LogP contribution in [-0.4, -0.2) is 42.1 Å². The van der Waals surface area contributed by atoms with Crippen LogP contribution < -0.4 is 5.73 Å². The highest BCUT2D eigenvalue weighted by Crippen LogP contribution is 2.24. The van der Waals surface area contributed by atoms with Crippen LogP contribution in [0.15, 0.2) is 0 Å². The Morgan fingerprint density at radius 3 is 2.60 bits per heavy atom. The van der Waals surface area contributed by atoms with E-state index in [4.69, 9.17) is 5.73 Å². The molecule has 2 unspecified atom stereocenters. The van der Waals surface area contributed by atoms with Crippen LogP contribution in [0.2, 0.25) is 0 Å². The van der Waals surface area contributed by atoms with Gasteiger partial charge in [0.15, 0.2) is 0 Å². The van der Waals surface area contributed by atoms with Gasteiger partial charge in [-0.1, -0.05) is 19.3 Å².